The minimum Gasteiger partial charge on any atom is -0.493 e. The summed E-state index contributed by atoms with van der Waals surface area (Å²) >= 11 is 0. The third kappa shape index (κ3) is 2.19. The molecule has 1 aliphatic carbocycles. The Balaban J connectivity index is 1.68. The summed E-state index contributed by atoms with van der Waals surface area (Å²) in [7, 11) is 0. The fraction of sp³-hybridized carbons (Fsp3) is 0.600. The number of hydrogen-bond acceptors (Lipinski definition) is 2. The Hall–Kier alpha value is -1.02. The molecule has 2 heteroatoms. The maximum atomic E-state index is 5.70. The number of ether oxygens (including phenoxy) is 1. The monoisotopic (exact) mass is 231 g/mol. The van der Waals surface area contributed by atoms with E-state index in [4.69, 9.17) is 4.74 Å². The third-order valence-corrected chi connectivity index (χ3v) is 4.32. The van der Waals surface area contributed by atoms with Crippen molar-refractivity contribution in [2.24, 2.45) is 0 Å². The van der Waals surface area contributed by atoms with Gasteiger partial charge in [0.05, 0.1) is 6.61 Å². The van der Waals surface area contributed by atoms with Crippen molar-refractivity contribution in [1.82, 2.24) is 5.32 Å². The first-order chi connectivity index (χ1) is 8.27. The summed E-state index contributed by atoms with van der Waals surface area (Å²) in [4.78, 5) is 0. The predicted molar refractivity (Wildman–Crippen MR) is 69.6 cm³/mol. The summed E-state index contributed by atoms with van der Waals surface area (Å²) in [5.41, 5.74) is 1.79. The zero-order chi connectivity index (χ0) is 11.7. The molecule has 1 saturated carbocycles. The predicted octanol–water partition coefficient (Wildman–Crippen LogP) is 3.08. The zero-order valence-electron chi connectivity index (χ0n) is 10.5. The molecular formula is C15H21NO. The van der Waals surface area contributed by atoms with Crippen LogP contribution in [-0.2, 0) is 0 Å². The number of benzene rings is 1. The lowest BCUT2D eigenvalue weighted by atomic mass is 9.78. The van der Waals surface area contributed by atoms with Crippen molar-refractivity contribution in [1.29, 1.82) is 0 Å². The lowest BCUT2D eigenvalue weighted by Crippen LogP contribution is -2.49. The molecule has 3 rings (SSSR count). The molecule has 1 atom stereocenters. The second kappa shape index (κ2) is 4.34. The lowest BCUT2D eigenvalue weighted by Gasteiger charge is -2.41. The van der Waals surface area contributed by atoms with E-state index < -0.39 is 0 Å². The van der Waals surface area contributed by atoms with E-state index in [1.54, 1.807) is 0 Å². The van der Waals surface area contributed by atoms with E-state index in [1.807, 2.05) is 0 Å². The molecule has 1 unspecified atom stereocenters. The molecule has 1 aromatic rings. The lowest BCUT2D eigenvalue weighted by molar-refractivity contribution is 0.194. The quantitative estimate of drug-likeness (QED) is 0.863. The molecule has 0 spiro atoms. The summed E-state index contributed by atoms with van der Waals surface area (Å²) in [6.45, 7) is 4.30. The first-order valence-electron chi connectivity index (χ1n) is 6.74. The van der Waals surface area contributed by atoms with Crippen LogP contribution < -0.4 is 10.1 Å². The van der Waals surface area contributed by atoms with Crippen molar-refractivity contribution in [3.05, 3.63) is 29.8 Å². The Morgan fingerprint density at radius 3 is 2.94 bits per heavy atom. The third-order valence-electron chi connectivity index (χ3n) is 4.32. The van der Waals surface area contributed by atoms with Crippen molar-refractivity contribution in [2.45, 2.75) is 44.1 Å². The van der Waals surface area contributed by atoms with E-state index in [0.29, 0.717) is 11.5 Å². The average Bonchev–Trinajstić information content (AvgIpc) is 2.34. The van der Waals surface area contributed by atoms with Crippen LogP contribution in [0.4, 0.5) is 0 Å². The van der Waals surface area contributed by atoms with Crippen molar-refractivity contribution in [2.75, 3.05) is 13.2 Å². The Kier molecular flexibility index (Phi) is 2.83. The van der Waals surface area contributed by atoms with Gasteiger partial charge < -0.3 is 10.1 Å². The van der Waals surface area contributed by atoms with Crippen LogP contribution in [-0.4, -0.2) is 18.7 Å². The minimum absolute atomic E-state index is 0.410. The van der Waals surface area contributed by atoms with Crippen LogP contribution in [0.25, 0.3) is 0 Å². The summed E-state index contributed by atoms with van der Waals surface area (Å²) < 4.78 is 5.70. The molecule has 0 saturated heterocycles. The molecule has 2 aliphatic rings. The van der Waals surface area contributed by atoms with Gasteiger partial charge in [-0.2, -0.15) is 0 Å². The molecule has 1 heterocycles. The van der Waals surface area contributed by atoms with Gasteiger partial charge in [0.15, 0.2) is 0 Å². The fourth-order valence-electron chi connectivity index (χ4n) is 2.88. The molecule has 0 bridgehead atoms. The second-order valence-electron chi connectivity index (χ2n) is 5.67. The second-order valence-corrected chi connectivity index (χ2v) is 5.67. The van der Waals surface area contributed by atoms with Crippen molar-refractivity contribution in [3.8, 4) is 5.75 Å². The van der Waals surface area contributed by atoms with E-state index in [9.17, 15) is 0 Å². The number of nitrogens with one attached hydrogen (secondary N) is 1. The molecule has 0 radical (unpaired) electrons. The smallest absolute Gasteiger partial charge is 0.122 e. The molecule has 17 heavy (non-hydrogen) atoms. The van der Waals surface area contributed by atoms with Gasteiger partial charge in [-0.1, -0.05) is 18.2 Å². The van der Waals surface area contributed by atoms with Crippen LogP contribution in [0.3, 0.4) is 0 Å². The molecular weight excluding hydrogens is 210 g/mol. The van der Waals surface area contributed by atoms with Gasteiger partial charge in [-0.3, -0.25) is 0 Å². The highest BCUT2D eigenvalue weighted by Crippen LogP contribution is 2.35. The highest BCUT2D eigenvalue weighted by molar-refractivity contribution is 5.38. The van der Waals surface area contributed by atoms with Crippen LogP contribution in [0.15, 0.2) is 24.3 Å². The number of hydrogen-bond donors (Lipinski definition) is 1. The van der Waals surface area contributed by atoms with Gasteiger partial charge in [-0.05, 0) is 44.2 Å². The average molecular weight is 231 g/mol. The van der Waals surface area contributed by atoms with Crippen molar-refractivity contribution in [3.63, 3.8) is 0 Å². The molecule has 92 valence electrons. The van der Waals surface area contributed by atoms with Crippen LogP contribution in [0.5, 0.6) is 5.75 Å². The Morgan fingerprint density at radius 1 is 1.35 bits per heavy atom. The summed E-state index contributed by atoms with van der Waals surface area (Å²) in [6, 6.07) is 8.48. The Morgan fingerprint density at radius 2 is 2.18 bits per heavy atom. The normalized spacial score (nSPS) is 25.6. The zero-order valence-corrected chi connectivity index (χ0v) is 10.5. The molecule has 2 nitrogen and oxygen atoms in total. The summed E-state index contributed by atoms with van der Waals surface area (Å²) in [5, 5.41) is 3.75. The van der Waals surface area contributed by atoms with E-state index in [2.05, 4.69) is 36.5 Å². The van der Waals surface area contributed by atoms with Gasteiger partial charge in [0.2, 0.25) is 0 Å². The van der Waals surface area contributed by atoms with Crippen LogP contribution in [0.1, 0.15) is 44.1 Å². The van der Waals surface area contributed by atoms with Gasteiger partial charge in [0.1, 0.15) is 5.75 Å². The molecule has 1 aromatic carbocycles. The van der Waals surface area contributed by atoms with Gasteiger partial charge in [0, 0.05) is 18.0 Å². The topological polar surface area (TPSA) is 21.3 Å². The van der Waals surface area contributed by atoms with Crippen LogP contribution >= 0.6 is 0 Å². The first kappa shape index (κ1) is 11.1. The number of fused-ring (bicyclic) bond motifs is 1. The van der Waals surface area contributed by atoms with Gasteiger partial charge in [-0.25, -0.2) is 0 Å². The fourth-order valence-corrected chi connectivity index (χ4v) is 2.88. The van der Waals surface area contributed by atoms with Gasteiger partial charge in [-0.15, -0.1) is 0 Å². The van der Waals surface area contributed by atoms with E-state index >= 15 is 0 Å². The first-order valence-corrected chi connectivity index (χ1v) is 6.74. The number of para-hydroxylation sites is 1. The summed E-state index contributed by atoms with van der Waals surface area (Å²) in [5.74, 6) is 1.71. The Labute approximate surface area is 103 Å². The largest absolute Gasteiger partial charge is 0.493 e. The maximum Gasteiger partial charge on any atom is 0.122 e. The molecule has 0 amide bonds. The standard InChI is InChI=1S/C15H21NO/c1-15(8-4-9-15)16-11-12-7-10-17-14-6-3-2-5-13(12)14/h2-3,5-6,12,16H,4,7-11H2,1H3. The molecule has 1 N–H and O–H groups in total. The molecule has 1 fully saturated rings. The van der Waals surface area contributed by atoms with E-state index in [0.717, 1.165) is 25.3 Å². The van der Waals surface area contributed by atoms with Crippen LogP contribution in [0, 0.1) is 0 Å². The maximum absolute atomic E-state index is 5.70. The SMILES string of the molecule is CC1(NCC2CCOc3ccccc32)CCC1. The van der Waals surface area contributed by atoms with E-state index in [-0.39, 0.29) is 0 Å². The van der Waals surface area contributed by atoms with Crippen molar-refractivity contribution < 1.29 is 4.74 Å². The van der Waals surface area contributed by atoms with Crippen LogP contribution in [0.2, 0.25) is 0 Å². The highest BCUT2D eigenvalue weighted by Gasteiger charge is 2.32. The van der Waals surface area contributed by atoms with E-state index in [1.165, 1.54) is 24.8 Å². The molecule has 1 aliphatic heterocycles. The Bertz CT molecular complexity index is 398. The van der Waals surface area contributed by atoms with Gasteiger partial charge in [0.25, 0.3) is 0 Å². The van der Waals surface area contributed by atoms with Gasteiger partial charge >= 0.3 is 0 Å². The van der Waals surface area contributed by atoms with Crippen molar-refractivity contribution >= 4 is 0 Å². The minimum atomic E-state index is 0.410. The summed E-state index contributed by atoms with van der Waals surface area (Å²) in [6.07, 6.45) is 5.18. The number of rotatable bonds is 3. The highest BCUT2D eigenvalue weighted by atomic mass is 16.5. The molecule has 0 aromatic heterocycles.